The van der Waals surface area contributed by atoms with Gasteiger partial charge >= 0.3 is 0 Å². The first-order valence-electron chi connectivity index (χ1n) is 11.1. The molecule has 0 unspecified atom stereocenters. The highest BCUT2D eigenvalue weighted by Crippen LogP contribution is 2.32. The maximum atomic E-state index is 12.6. The van der Waals surface area contributed by atoms with E-state index in [9.17, 15) is 4.79 Å². The Bertz CT molecular complexity index is 1250. The summed E-state index contributed by atoms with van der Waals surface area (Å²) in [4.78, 5) is 24.4. The number of carbonyl (C=O) groups is 1. The molecule has 3 aromatic rings. The summed E-state index contributed by atoms with van der Waals surface area (Å²) < 4.78 is 5.68. The van der Waals surface area contributed by atoms with Gasteiger partial charge in [-0.2, -0.15) is 0 Å². The average Bonchev–Trinajstić information content (AvgIpc) is 2.79. The topological polar surface area (TPSA) is 81.5 Å². The van der Waals surface area contributed by atoms with E-state index >= 15 is 0 Å². The van der Waals surface area contributed by atoms with Crippen LogP contribution in [0.4, 0.5) is 17.2 Å². The van der Waals surface area contributed by atoms with Crippen molar-refractivity contribution < 1.29 is 9.53 Å². The molecule has 7 nitrogen and oxygen atoms in total. The highest BCUT2D eigenvalue weighted by atomic mass is 16.5. The van der Waals surface area contributed by atoms with Gasteiger partial charge < -0.3 is 15.0 Å². The van der Waals surface area contributed by atoms with Crippen molar-refractivity contribution in [3.63, 3.8) is 0 Å². The van der Waals surface area contributed by atoms with E-state index in [1.807, 2.05) is 43.3 Å². The Kier molecular flexibility index (Phi) is 5.56. The third kappa shape index (κ3) is 4.32. The van der Waals surface area contributed by atoms with Gasteiger partial charge in [-0.1, -0.05) is 6.07 Å². The molecule has 0 aliphatic carbocycles. The lowest BCUT2D eigenvalue weighted by molar-refractivity contribution is 0.0532. The quantitative estimate of drug-likeness (QED) is 0.645. The van der Waals surface area contributed by atoms with E-state index in [2.05, 4.69) is 46.5 Å². The molecule has 1 saturated heterocycles. The van der Waals surface area contributed by atoms with Crippen LogP contribution in [0.1, 0.15) is 34.1 Å². The smallest absolute Gasteiger partial charge is 0.281 e. The van der Waals surface area contributed by atoms with Gasteiger partial charge in [0.25, 0.3) is 5.91 Å². The van der Waals surface area contributed by atoms with Gasteiger partial charge in [-0.25, -0.2) is 10.3 Å². The Morgan fingerprint density at radius 2 is 1.97 bits per heavy atom. The molecule has 2 aromatic heterocycles. The zero-order valence-corrected chi connectivity index (χ0v) is 19.0. The second-order valence-corrected chi connectivity index (χ2v) is 8.49. The monoisotopic (exact) mass is 440 g/mol. The molecule has 0 saturated carbocycles. The molecule has 2 aliphatic rings. The number of aryl methyl sites for hydroxylation is 2. The van der Waals surface area contributed by atoms with Crippen molar-refractivity contribution in [1.29, 1.82) is 0 Å². The van der Waals surface area contributed by atoms with Crippen LogP contribution in [-0.2, 0) is 4.74 Å². The maximum Gasteiger partial charge on any atom is 0.281 e. The minimum Gasteiger partial charge on any atom is -0.375 e. The molecule has 1 radical (unpaired) electrons. The van der Waals surface area contributed by atoms with Crippen LogP contribution in [-0.4, -0.2) is 41.7 Å². The van der Waals surface area contributed by atoms with Gasteiger partial charge in [0, 0.05) is 36.4 Å². The van der Waals surface area contributed by atoms with Gasteiger partial charge in [-0.15, -0.1) is 0 Å². The number of amides is 1. The first-order valence-corrected chi connectivity index (χ1v) is 11.1. The Morgan fingerprint density at radius 1 is 1.09 bits per heavy atom. The van der Waals surface area contributed by atoms with Crippen molar-refractivity contribution in [3.8, 4) is 11.4 Å². The fraction of sp³-hybridized carbons (Fsp3) is 0.269. The van der Waals surface area contributed by atoms with Crippen molar-refractivity contribution in [1.82, 2.24) is 15.3 Å². The molecule has 4 heterocycles. The van der Waals surface area contributed by atoms with Crippen LogP contribution >= 0.6 is 0 Å². The average molecular weight is 441 g/mol. The summed E-state index contributed by atoms with van der Waals surface area (Å²) in [5.74, 6) is 0.179. The summed E-state index contributed by atoms with van der Waals surface area (Å²) in [7, 11) is 0. The molecule has 5 rings (SSSR count). The number of hydrogen-bond donors (Lipinski definition) is 1. The van der Waals surface area contributed by atoms with Gasteiger partial charge in [0.15, 0.2) is 0 Å². The minimum absolute atomic E-state index is 0.215. The summed E-state index contributed by atoms with van der Waals surface area (Å²) in [6.07, 6.45) is 3.58. The number of pyridine rings is 2. The van der Waals surface area contributed by atoms with Crippen LogP contribution in [0.2, 0.25) is 0 Å². The standard InChI is InChI=1S/C26H26N5O2/c1-16-13-20(7-8-23(16)31-11-12-33-18(3)15-31)29-25-24-19(9-10-27-26(24)32)14-22(30-25)21-6-4-5-17(2)28-21/h4-10,13-14,18H,11-12,15H2,1-3H3,(H,29,30)/t18-/m1/s1. The van der Waals surface area contributed by atoms with Crippen molar-refractivity contribution in [2.75, 3.05) is 29.9 Å². The summed E-state index contributed by atoms with van der Waals surface area (Å²) >= 11 is 0. The molecule has 0 spiro atoms. The fourth-order valence-corrected chi connectivity index (χ4v) is 4.34. The lowest BCUT2D eigenvalue weighted by Gasteiger charge is -2.34. The Balaban J connectivity index is 1.51. The molecule has 0 bridgehead atoms. The van der Waals surface area contributed by atoms with Crippen LogP contribution in [0.25, 0.3) is 17.5 Å². The third-order valence-corrected chi connectivity index (χ3v) is 5.90. The molecule has 1 fully saturated rings. The molecule has 1 atom stereocenters. The Labute approximate surface area is 193 Å². The number of nitrogens with zero attached hydrogens (tertiary/aromatic N) is 4. The number of nitrogens with one attached hydrogen (secondary N) is 1. The van der Waals surface area contributed by atoms with E-state index in [1.54, 1.807) is 0 Å². The van der Waals surface area contributed by atoms with Crippen molar-refractivity contribution in [2.24, 2.45) is 0 Å². The first-order chi connectivity index (χ1) is 16.0. The van der Waals surface area contributed by atoms with Gasteiger partial charge in [0.05, 0.1) is 29.7 Å². The maximum absolute atomic E-state index is 12.6. The summed E-state index contributed by atoms with van der Waals surface area (Å²) in [6, 6.07) is 13.9. The van der Waals surface area contributed by atoms with Gasteiger partial charge in [-0.05, 0) is 74.4 Å². The van der Waals surface area contributed by atoms with Gasteiger partial charge in [0.1, 0.15) is 5.82 Å². The van der Waals surface area contributed by atoms with E-state index < -0.39 is 0 Å². The number of aromatic nitrogens is 2. The first kappa shape index (κ1) is 21.2. The molecule has 2 aliphatic heterocycles. The number of hydrogen-bond acceptors (Lipinski definition) is 6. The number of fused-ring (bicyclic) bond motifs is 1. The fourth-order valence-electron chi connectivity index (χ4n) is 4.34. The molecule has 1 aromatic carbocycles. The normalized spacial score (nSPS) is 17.5. The van der Waals surface area contributed by atoms with Crippen molar-refractivity contribution in [3.05, 3.63) is 71.0 Å². The molecular formula is C26H26N5O2. The van der Waals surface area contributed by atoms with Crippen LogP contribution in [0.15, 0.2) is 48.7 Å². The van der Waals surface area contributed by atoms with Crippen LogP contribution in [0.3, 0.4) is 0 Å². The van der Waals surface area contributed by atoms with E-state index in [-0.39, 0.29) is 12.0 Å². The van der Waals surface area contributed by atoms with E-state index in [0.29, 0.717) is 17.1 Å². The number of anilines is 3. The molecule has 1 amide bonds. The summed E-state index contributed by atoms with van der Waals surface area (Å²) in [5.41, 5.74) is 6.83. The van der Waals surface area contributed by atoms with Crippen LogP contribution in [0, 0.1) is 13.8 Å². The van der Waals surface area contributed by atoms with Crippen molar-refractivity contribution >= 4 is 29.2 Å². The van der Waals surface area contributed by atoms with Crippen LogP contribution < -0.4 is 15.5 Å². The zero-order chi connectivity index (χ0) is 22.9. The van der Waals surface area contributed by atoms with Crippen LogP contribution in [0.5, 0.6) is 0 Å². The minimum atomic E-state index is -0.304. The van der Waals surface area contributed by atoms with Gasteiger partial charge in [-0.3, -0.25) is 9.78 Å². The lowest BCUT2D eigenvalue weighted by Crippen LogP contribution is -2.41. The third-order valence-electron chi connectivity index (χ3n) is 5.90. The Hall–Kier alpha value is -3.71. The number of morpholine rings is 1. The number of ether oxygens (including phenoxy) is 1. The molecule has 1 N–H and O–H groups in total. The number of benzene rings is 1. The SMILES string of the molecule is Cc1cccc(-c2cc3c(c(Nc4ccc(N5CCO[C@H](C)C5)c(C)c4)n2)C(=O)[N]C=C3)n1. The highest BCUT2D eigenvalue weighted by Gasteiger charge is 2.23. The second-order valence-electron chi connectivity index (χ2n) is 8.49. The van der Waals surface area contributed by atoms with Crippen molar-refractivity contribution in [2.45, 2.75) is 26.9 Å². The molecule has 33 heavy (non-hydrogen) atoms. The summed E-state index contributed by atoms with van der Waals surface area (Å²) in [5, 5.41) is 7.33. The predicted molar refractivity (Wildman–Crippen MR) is 130 cm³/mol. The molecule has 7 heteroatoms. The highest BCUT2D eigenvalue weighted by molar-refractivity contribution is 6.05. The Morgan fingerprint density at radius 3 is 2.76 bits per heavy atom. The van der Waals surface area contributed by atoms with E-state index in [1.165, 1.54) is 11.9 Å². The van der Waals surface area contributed by atoms with E-state index in [0.717, 1.165) is 47.9 Å². The zero-order valence-electron chi connectivity index (χ0n) is 19.0. The number of carbonyl (C=O) groups excluding carboxylic acids is 1. The van der Waals surface area contributed by atoms with E-state index in [4.69, 9.17) is 9.72 Å². The lowest BCUT2D eigenvalue weighted by atomic mass is 10.0. The molecular weight excluding hydrogens is 414 g/mol. The predicted octanol–water partition coefficient (Wildman–Crippen LogP) is 4.46. The van der Waals surface area contributed by atoms with Gasteiger partial charge in [0.2, 0.25) is 0 Å². The molecule has 167 valence electrons. The second kappa shape index (κ2) is 8.67. The largest absolute Gasteiger partial charge is 0.375 e. The summed E-state index contributed by atoms with van der Waals surface area (Å²) in [6.45, 7) is 8.62. The number of rotatable bonds is 4.